The summed E-state index contributed by atoms with van der Waals surface area (Å²) in [6.07, 6.45) is -8.13. The van der Waals surface area contributed by atoms with Crippen LogP contribution in [0.5, 0.6) is 0 Å². The first-order valence-corrected chi connectivity index (χ1v) is 7.18. The maximum absolute atomic E-state index is 12.8. The first kappa shape index (κ1) is 19.8. The van der Waals surface area contributed by atoms with Gasteiger partial charge in [0.05, 0.1) is 5.69 Å². The highest BCUT2D eigenvalue weighted by atomic mass is 19.4. The van der Waals surface area contributed by atoms with E-state index in [0.29, 0.717) is 0 Å². The Kier molecular flexibility index (Phi) is 5.59. The summed E-state index contributed by atoms with van der Waals surface area (Å²) < 4.78 is 71.1. The highest BCUT2D eigenvalue weighted by molar-refractivity contribution is 5.73. The van der Waals surface area contributed by atoms with E-state index in [1.807, 2.05) is 4.90 Å². The van der Waals surface area contributed by atoms with Gasteiger partial charge in [0.2, 0.25) is 5.82 Å². The minimum atomic E-state index is -5.08. The number of piperazine rings is 1. The third-order valence-corrected chi connectivity index (χ3v) is 3.36. The Morgan fingerprint density at radius 2 is 1.65 bits per heavy atom. The molecule has 1 aliphatic heterocycles. The first-order chi connectivity index (χ1) is 12.0. The average Bonchev–Trinajstić information content (AvgIpc) is 2.98. The molecule has 0 spiro atoms. The minimum Gasteiger partial charge on any atom is -0.475 e. The number of carboxylic acids is 1. The van der Waals surface area contributed by atoms with E-state index in [9.17, 15) is 26.3 Å². The van der Waals surface area contributed by atoms with Crippen LogP contribution in [0, 0.1) is 0 Å². The number of pyridine rings is 1. The van der Waals surface area contributed by atoms with Gasteiger partial charge < -0.3 is 15.3 Å². The number of carboxylic acid groups (broad SMARTS) is 1. The van der Waals surface area contributed by atoms with Gasteiger partial charge in [-0.15, -0.1) is 10.2 Å². The lowest BCUT2D eigenvalue weighted by Crippen LogP contribution is -2.43. The zero-order valence-corrected chi connectivity index (χ0v) is 13.0. The molecule has 1 saturated heterocycles. The van der Waals surface area contributed by atoms with Gasteiger partial charge >= 0.3 is 18.3 Å². The number of aromatic nitrogens is 3. The smallest absolute Gasteiger partial charge is 0.475 e. The van der Waals surface area contributed by atoms with Gasteiger partial charge in [0.1, 0.15) is 0 Å². The number of anilines is 1. The van der Waals surface area contributed by atoms with Gasteiger partial charge in [-0.05, 0) is 12.1 Å². The summed E-state index contributed by atoms with van der Waals surface area (Å²) in [4.78, 5) is 10.9. The number of fused-ring (bicyclic) bond motifs is 1. The zero-order chi connectivity index (χ0) is 19.5. The third-order valence-electron chi connectivity index (χ3n) is 3.36. The lowest BCUT2D eigenvalue weighted by atomic mass is 10.3. The van der Waals surface area contributed by atoms with Crippen LogP contribution in [0.3, 0.4) is 0 Å². The molecule has 0 atom stereocenters. The van der Waals surface area contributed by atoms with Crippen molar-refractivity contribution in [1.82, 2.24) is 19.9 Å². The van der Waals surface area contributed by atoms with Gasteiger partial charge in [0.15, 0.2) is 5.65 Å². The predicted molar refractivity (Wildman–Crippen MR) is 76.8 cm³/mol. The normalized spacial score (nSPS) is 15.5. The molecule has 1 fully saturated rings. The molecule has 2 aromatic heterocycles. The summed E-state index contributed by atoms with van der Waals surface area (Å²) >= 11 is 0. The minimum absolute atomic E-state index is 0.200. The van der Waals surface area contributed by atoms with Gasteiger partial charge in [0, 0.05) is 32.4 Å². The van der Waals surface area contributed by atoms with Crippen LogP contribution in [0.15, 0.2) is 18.3 Å². The van der Waals surface area contributed by atoms with Crippen LogP contribution in [-0.4, -0.2) is 58.0 Å². The molecule has 3 heterocycles. The van der Waals surface area contributed by atoms with E-state index in [2.05, 4.69) is 15.5 Å². The van der Waals surface area contributed by atoms with Gasteiger partial charge in [-0.2, -0.15) is 26.3 Å². The Labute approximate surface area is 142 Å². The summed E-state index contributed by atoms with van der Waals surface area (Å²) in [6, 6.07) is 3.33. The number of rotatable bonds is 1. The number of nitrogens with zero attached hydrogens (tertiary/aromatic N) is 4. The fourth-order valence-electron chi connectivity index (χ4n) is 2.18. The Morgan fingerprint density at radius 1 is 1.08 bits per heavy atom. The highest BCUT2D eigenvalue weighted by Gasteiger charge is 2.38. The number of halogens is 6. The number of aliphatic carboxylic acids is 1. The van der Waals surface area contributed by atoms with E-state index in [4.69, 9.17) is 9.90 Å². The lowest BCUT2D eigenvalue weighted by molar-refractivity contribution is -0.192. The second-order valence-electron chi connectivity index (χ2n) is 5.18. The summed E-state index contributed by atoms with van der Waals surface area (Å²) in [5.74, 6) is -3.74. The molecule has 13 heteroatoms. The lowest BCUT2D eigenvalue weighted by Gasteiger charge is -2.29. The molecule has 0 saturated carbocycles. The molecule has 144 valence electrons. The standard InChI is InChI=1S/C11H12F3N5.C2HF3O2/c12-11(13,14)10-17-16-9-2-1-8(7-19(9)10)18-5-3-15-4-6-18;3-2(4,5)1(6)7/h1-2,7,15H,3-6H2;(H,6,7). The SMILES string of the molecule is FC(F)(F)c1nnc2ccc(N3CCNCC3)cn12.O=C(O)C(F)(F)F. The van der Waals surface area contributed by atoms with E-state index >= 15 is 0 Å². The van der Waals surface area contributed by atoms with Crippen molar-refractivity contribution in [3.63, 3.8) is 0 Å². The largest absolute Gasteiger partial charge is 0.490 e. The number of alkyl halides is 6. The third kappa shape index (κ3) is 4.74. The van der Waals surface area contributed by atoms with E-state index in [0.717, 1.165) is 36.3 Å². The Morgan fingerprint density at radius 3 is 2.15 bits per heavy atom. The molecule has 0 unspecified atom stereocenters. The topological polar surface area (TPSA) is 82.8 Å². The van der Waals surface area contributed by atoms with Crippen LogP contribution in [0.2, 0.25) is 0 Å². The summed E-state index contributed by atoms with van der Waals surface area (Å²) in [5, 5.41) is 17.1. The van der Waals surface area contributed by atoms with E-state index in [-0.39, 0.29) is 5.65 Å². The molecule has 7 nitrogen and oxygen atoms in total. The van der Waals surface area contributed by atoms with E-state index in [1.54, 1.807) is 12.1 Å². The van der Waals surface area contributed by atoms with Crippen molar-refractivity contribution >= 4 is 17.3 Å². The van der Waals surface area contributed by atoms with E-state index in [1.165, 1.54) is 6.20 Å². The number of hydrogen-bond acceptors (Lipinski definition) is 5. The van der Waals surface area contributed by atoms with Gasteiger partial charge in [0.25, 0.3) is 0 Å². The number of carbonyl (C=O) groups is 1. The molecular weight excluding hydrogens is 372 g/mol. The highest BCUT2D eigenvalue weighted by Crippen LogP contribution is 2.29. The number of hydrogen-bond donors (Lipinski definition) is 2. The second kappa shape index (κ2) is 7.35. The molecule has 2 N–H and O–H groups in total. The number of nitrogens with one attached hydrogen (secondary N) is 1. The molecule has 26 heavy (non-hydrogen) atoms. The molecule has 0 amide bonds. The van der Waals surface area contributed by atoms with Crippen LogP contribution in [0.1, 0.15) is 5.82 Å². The molecule has 0 radical (unpaired) electrons. The summed E-state index contributed by atoms with van der Waals surface area (Å²) in [7, 11) is 0. The zero-order valence-electron chi connectivity index (χ0n) is 13.0. The molecular formula is C13H13F6N5O2. The van der Waals surface area contributed by atoms with Gasteiger partial charge in [-0.3, -0.25) is 4.40 Å². The van der Waals surface area contributed by atoms with Crippen LogP contribution in [0.25, 0.3) is 5.65 Å². The van der Waals surface area contributed by atoms with Gasteiger partial charge in [-0.1, -0.05) is 0 Å². The van der Waals surface area contributed by atoms with E-state index < -0.39 is 24.1 Å². The van der Waals surface area contributed by atoms with Crippen molar-refractivity contribution < 1.29 is 36.2 Å². The van der Waals surface area contributed by atoms with Crippen LogP contribution >= 0.6 is 0 Å². The summed E-state index contributed by atoms with van der Waals surface area (Å²) in [5.41, 5.74) is 0.950. The summed E-state index contributed by atoms with van der Waals surface area (Å²) in [6.45, 7) is 3.20. The van der Waals surface area contributed by atoms with Crippen molar-refractivity contribution in [3.05, 3.63) is 24.2 Å². The molecule has 0 aromatic carbocycles. The van der Waals surface area contributed by atoms with Gasteiger partial charge in [-0.25, -0.2) is 4.79 Å². The van der Waals surface area contributed by atoms with Crippen LogP contribution in [0.4, 0.5) is 32.0 Å². The Balaban J connectivity index is 0.000000298. The quantitative estimate of drug-likeness (QED) is 0.729. The Hall–Kier alpha value is -2.57. The predicted octanol–water partition coefficient (Wildman–Crippen LogP) is 1.79. The molecule has 2 aromatic rings. The fourth-order valence-corrected chi connectivity index (χ4v) is 2.18. The maximum Gasteiger partial charge on any atom is 0.490 e. The first-order valence-electron chi connectivity index (χ1n) is 7.18. The van der Waals surface area contributed by atoms with Crippen molar-refractivity contribution in [2.45, 2.75) is 12.4 Å². The van der Waals surface area contributed by atoms with Crippen molar-refractivity contribution in [1.29, 1.82) is 0 Å². The molecule has 0 aliphatic carbocycles. The molecule has 0 bridgehead atoms. The molecule has 3 rings (SSSR count). The maximum atomic E-state index is 12.8. The van der Waals surface area contributed by atoms with Crippen molar-refractivity contribution in [2.24, 2.45) is 0 Å². The van der Waals surface area contributed by atoms with Crippen molar-refractivity contribution in [2.75, 3.05) is 31.1 Å². The van der Waals surface area contributed by atoms with Crippen LogP contribution < -0.4 is 10.2 Å². The second-order valence-corrected chi connectivity index (χ2v) is 5.18. The fraction of sp³-hybridized carbons (Fsp3) is 0.462. The van der Waals surface area contributed by atoms with Crippen molar-refractivity contribution in [3.8, 4) is 0 Å². The monoisotopic (exact) mass is 385 g/mol. The Bertz CT molecular complexity index is 766. The average molecular weight is 385 g/mol. The van der Waals surface area contributed by atoms with Crippen LogP contribution in [-0.2, 0) is 11.0 Å². The molecule has 1 aliphatic rings.